The van der Waals surface area contributed by atoms with Crippen molar-refractivity contribution in [3.8, 4) is 0 Å². The minimum absolute atomic E-state index is 0.185. The molecular formula is C14H21N3O2. The van der Waals surface area contributed by atoms with Crippen LogP contribution in [0.2, 0.25) is 0 Å². The van der Waals surface area contributed by atoms with Crippen molar-refractivity contribution in [2.75, 3.05) is 33.7 Å². The quantitative estimate of drug-likeness (QED) is 0.600. The summed E-state index contributed by atoms with van der Waals surface area (Å²) < 4.78 is 0. The van der Waals surface area contributed by atoms with E-state index in [0.717, 1.165) is 31.6 Å². The van der Waals surface area contributed by atoms with Gasteiger partial charge in [-0.3, -0.25) is 10.1 Å². The van der Waals surface area contributed by atoms with Crippen LogP contribution in [0.25, 0.3) is 0 Å². The Morgan fingerprint density at radius 1 is 1.47 bits per heavy atom. The van der Waals surface area contributed by atoms with Gasteiger partial charge >= 0.3 is 0 Å². The van der Waals surface area contributed by atoms with Crippen molar-refractivity contribution in [3.05, 3.63) is 39.9 Å². The average Bonchev–Trinajstić information content (AvgIpc) is 2.85. The number of nitrogens with zero attached hydrogens (tertiary/aromatic N) is 3. The van der Waals surface area contributed by atoms with Gasteiger partial charge in [0.1, 0.15) is 0 Å². The molecule has 0 radical (unpaired) electrons. The Kier molecular flexibility index (Phi) is 4.50. The molecule has 0 aliphatic carbocycles. The van der Waals surface area contributed by atoms with Crippen LogP contribution in [0.1, 0.15) is 12.0 Å². The molecule has 1 aliphatic rings. The maximum atomic E-state index is 10.7. The van der Waals surface area contributed by atoms with Crippen molar-refractivity contribution < 1.29 is 4.92 Å². The Labute approximate surface area is 114 Å². The van der Waals surface area contributed by atoms with Crippen LogP contribution in [0.3, 0.4) is 0 Å². The Morgan fingerprint density at radius 3 is 2.89 bits per heavy atom. The molecule has 1 aliphatic heterocycles. The minimum Gasteiger partial charge on any atom is -0.305 e. The molecular weight excluding hydrogens is 242 g/mol. The van der Waals surface area contributed by atoms with Crippen LogP contribution in [0.15, 0.2) is 24.3 Å². The predicted octanol–water partition coefficient (Wildman–Crippen LogP) is 1.77. The molecule has 1 atom stereocenters. The number of non-ortho nitro benzene ring substituents is 1. The van der Waals surface area contributed by atoms with Crippen LogP contribution >= 0.6 is 0 Å². The molecule has 0 aromatic heterocycles. The normalized spacial score (nSPS) is 20.1. The van der Waals surface area contributed by atoms with Crippen LogP contribution in [0, 0.1) is 10.1 Å². The maximum absolute atomic E-state index is 10.7. The van der Waals surface area contributed by atoms with Gasteiger partial charge in [0.05, 0.1) is 4.92 Å². The fourth-order valence-electron chi connectivity index (χ4n) is 2.55. The number of hydrogen-bond acceptors (Lipinski definition) is 4. The van der Waals surface area contributed by atoms with E-state index in [-0.39, 0.29) is 10.6 Å². The third kappa shape index (κ3) is 3.75. The molecule has 0 spiro atoms. The highest BCUT2D eigenvalue weighted by molar-refractivity contribution is 5.34. The zero-order valence-corrected chi connectivity index (χ0v) is 11.6. The van der Waals surface area contributed by atoms with Gasteiger partial charge in [-0.2, -0.15) is 0 Å². The van der Waals surface area contributed by atoms with Gasteiger partial charge < -0.3 is 9.80 Å². The standard InChI is InChI=1S/C14H21N3O2/c1-15(2)14-7-9-16(11-14)8-6-12-4-3-5-13(10-12)17(18)19/h3-5,10,14H,6-9,11H2,1-2H3/t14-/m0/s1. The van der Waals surface area contributed by atoms with Crippen molar-refractivity contribution in [2.24, 2.45) is 0 Å². The number of likely N-dealkylation sites (N-methyl/N-ethyl adjacent to an activating group) is 1. The maximum Gasteiger partial charge on any atom is 0.269 e. The highest BCUT2D eigenvalue weighted by Crippen LogP contribution is 2.16. The molecule has 2 rings (SSSR count). The highest BCUT2D eigenvalue weighted by atomic mass is 16.6. The summed E-state index contributed by atoms with van der Waals surface area (Å²) in [7, 11) is 4.24. The number of nitro groups is 1. The summed E-state index contributed by atoms with van der Waals surface area (Å²) in [6.45, 7) is 3.20. The molecule has 0 bridgehead atoms. The highest BCUT2D eigenvalue weighted by Gasteiger charge is 2.23. The summed E-state index contributed by atoms with van der Waals surface area (Å²) in [5.74, 6) is 0. The van der Waals surface area contributed by atoms with Crippen molar-refractivity contribution in [1.82, 2.24) is 9.80 Å². The lowest BCUT2D eigenvalue weighted by Gasteiger charge is -2.20. The van der Waals surface area contributed by atoms with Gasteiger partial charge in [-0.05, 0) is 39.0 Å². The summed E-state index contributed by atoms with van der Waals surface area (Å²) in [6, 6.07) is 7.60. The van der Waals surface area contributed by atoms with E-state index in [9.17, 15) is 10.1 Å². The van der Waals surface area contributed by atoms with E-state index < -0.39 is 0 Å². The summed E-state index contributed by atoms with van der Waals surface area (Å²) in [5.41, 5.74) is 1.23. The smallest absolute Gasteiger partial charge is 0.269 e. The molecule has 1 heterocycles. The fourth-order valence-corrected chi connectivity index (χ4v) is 2.55. The zero-order valence-electron chi connectivity index (χ0n) is 11.6. The molecule has 1 aromatic rings. The summed E-state index contributed by atoms with van der Waals surface area (Å²) >= 11 is 0. The topological polar surface area (TPSA) is 49.6 Å². The molecule has 0 unspecified atom stereocenters. The first kappa shape index (κ1) is 14.0. The second-order valence-corrected chi connectivity index (χ2v) is 5.38. The molecule has 5 nitrogen and oxygen atoms in total. The molecule has 0 amide bonds. The molecule has 104 valence electrons. The molecule has 1 saturated heterocycles. The zero-order chi connectivity index (χ0) is 13.8. The van der Waals surface area contributed by atoms with Gasteiger partial charge in [0.25, 0.3) is 5.69 Å². The number of likely N-dealkylation sites (tertiary alicyclic amines) is 1. The summed E-state index contributed by atoms with van der Waals surface area (Å²) in [6.07, 6.45) is 2.09. The fraction of sp³-hybridized carbons (Fsp3) is 0.571. The molecule has 0 saturated carbocycles. The van der Waals surface area contributed by atoms with E-state index >= 15 is 0 Å². The van der Waals surface area contributed by atoms with Crippen molar-refractivity contribution in [3.63, 3.8) is 0 Å². The lowest BCUT2D eigenvalue weighted by Crippen LogP contribution is -2.32. The van der Waals surface area contributed by atoms with Gasteiger partial charge in [-0.1, -0.05) is 12.1 Å². The van der Waals surface area contributed by atoms with Gasteiger partial charge in [0.2, 0.25) is 0 Å². The lowest BCUT2D eigenvalue weighted by atomic mass is 10.1. The van der Waals surface area contributed by atoms with Crippen LogP contribution in [-0.4, -0.2) is 54.5 Å². The third-order valence-corrected chi connectivity index (χ3v) is 3.82. The SMILES string of the molecule is CN(C)[C@H]1CCN(CCc2cccc([N+](=O)[O-])c2)C1. The van der Waals surface area contributed by atoms with E-state index in [0.29, 0.717) is 6.04 Å². The van der Waals surface area contributed by atoms with Gasteiger partial charge in [-0.25, -0.2) is 0 Å². The van der Waals surface area contributed by atoms with Crippen LogP contribution < -0.4 is 0 Å². The largest absolute Gasteiger partial charge is 0.305 e. The first-order valence-electron chi connectivity index (χ1n) is 6.68. The van der Waals surface area contributed by atoms with Crippen LogP contribution in [0.5, 0.6) is 0 Å². The first-order valence-corrected chi connectivity index (χ1v) is 6.68. The molecule has 19 heavy (non-hydrogen) atoms. The Bertz CT molecular complexity index is 448. The van der Waals surface area contributed by atoms with E-state index in [2.05, 4.69) is 23.9 Å². The van der Waals surface area contributed by atoms with E-state index in [4.69, 9.17) is 0 Å². The van der Waals surface area contributed by atoms with E-state index in [1.54, 1.807) is 18.2 Å². The predicted molar refractivity (Wildman–Crippen MR) is 75.3 cm³/mol. The first-order chi connectivity index (χ1) is 9.06. The summed E-state index contributed by atoms with van der Waals surface area (Å²) in [4.78, 5) is 15.1. The number of nitro benzene ring substituents is 1. The second-order valence-electron chi connectivity index (χ2n) is 5.38. The molecule has 1 fully saturated rings. The Hall–Kier alpha value is -1.46. The van der Waals surface area contributed by atoms with Crippen LogP contribution in [0.4, 0.5) is 5.69 Å². The van der Waals surface area contributed by atoms with Crippen molar-refractivity contribution >= 4 is 5.69 Å². The van der Waals surface area contributed by atoms with E-state index in [1.807, 2.05) is 6.07 Å². The summed E-state index contributed by atoms with van der Waals surface area (Å²) in [5, 5.41) is 10.7. The molecule has 0 N–H and O–H groups in total. The number of rotatable bonds is 5. The van der Waals surface area contributed by atoms with Crippen molar-refractivity contribution in [2.45, 2.75) is 18.9 Å². The Morgan fingerprint density at radius 2 is 2.26 bits per heavy atom. The molecule has 1 aromatic carbocycles. The van der Waals surface area contributed by atoms with Gasteiger partial charge in [0.15, 0.2) is 0 Å². The average molecular weight is 263 g/mol. The lowest BCUT2D eigenvalue weighted by molar-refractivity contribution is -0.384. The second kappa shape index (κ2) is 6.12. The van der Waals surface area contributed by atoms with Gasteiger partial charge in [0, 0.05) is 31.3 Å². The van der Waals surface area contributed by atoms with E-state index in [1.165, 1.54) is 6.42 Å². The third-order valence-electron chi connectivity index (χ3n) is 3.82. The van der Waals surface area contributed by atoms with Crippen LogP contribution in [-0.2, 0) is 6.42 Å². The number of hydrogen-bond donors (Lipinski definition) is 0. The monoisotopic (exact) mass is 263 g/mol. The van der Waals surface area contributed by atoms with Gasteiger partial charge in [-0.15, -0.1) is 0 Å². The van der Waals surface area contributed by atoms with Crippen molar-refractivity contribution in [1.29, 1.82) is 0 Å². The molecule has 5 heteroatoms. The minimum atomic E-state index is -0.332. The Balaban J connectivity index is 1.86. The number of benzene rings is 1.